The summed E-state index contributed by atoms with van der Waals surface area (Å²) in [6.45, 7) is 11.4. The van der Waals surface area contributed by atoms with Crippen LogP contribution in [0.25, 0.3) is 0 Å². The Labute approximate surface area is 220 Å². The van der Waals surface area contributed by atoms with E-state index in [1.54, 1.807) is 22.1 Å². The fourth-order valence-corrected chi connectivity index (χ4v) is 4.50. The van der Waals surface area contributed by atoms with E-state index in [4.69, 9.17) is 14.3 Å². The van der Waals surface area contributed by atoms with Crippen LogP contribution in [0.5, 0.6) is 0 Å². The summed E-state index contributed by atoms with van der Waals surface area (Å²) >= 11 is 0. The number of piperidine rings is 1. The van der Waals surface area contributed by atoms with Crippen molar-refractivity contribution in [3.63, 3.8) is 0 Å². The minimum Gasteiger partial charge on any atom is -0.444 e. The van der Waals surface area contributed by atoms with Crippen molar-refractivity contribution in [3.05, 3.63) is 71.3 Å². The second-order valence-corrected chi connectivity index (χ2v) is 10.8. The molecule has 8 heteroatoms. The molecule has 0 unspecified atom stereocenters. The molecule has 0 aliphatic carbocycles. The van der Waals surface area contributed by atoms with Gasteiger partial charge in [-0.2, -0.15) is 0 Å². The summed E-state index contributed by atoms with van der Waals surface area (Å²) in [6.07, 6.45) is 1.67. The molecule has 0 radical (unpaired) electrons. The molecule has 0 N–H and O–H groups in total. The topological polar surface area (TPSA) is 71.6 Å². The molecule has 0 spiro atoms. The lowest BCUT2D eigenvalue weighted by molar-refractivity contribution is -0.153. The Kier molecular flexibility index (Phi) is 9.18. The molecule has 2 aliphatic heterocycles. The lowest BCUT2D eigenvalue weighted by Crippen LogP contribution is -2.49. The molecule has 2 fully saturated rings. The summed E-state index contributed by atoms with van der Waals surface area (Å²) < 4.78 is 11.6. The van der Waals surface area contributed by atoms with E-state index < -0.39 is 5.60 Å². The molecule has 2 aliphatic rings. The van der Waals surface area contributed by atoms with Gasteiger partial charge in [0.1, 0.15) is 5.60 Å². The lowest BCUT2D eigenvalue weighted by atomic mass is 10.1. The van der Waals surface area contributed by atoms with Crippen molar-refractivity contribution < 1.29 is 23.9 Å². The minimum atomic E-state index is -0.467. The van der Waals surface area contributed by atoms with Gasteiger partial charge in [0, 0.05) is 39.3 Å². The monoisotopic (exact) mass is 509 g/mol. The van der Waals surface area contributed by atoms with Gasteiger partial charge in [0.05, 0.1) is 24.8 Å². The van der Waals surface area contributed by atoms with Gasteiger partial charge in [-0.15, -0.1) is 5.06 Å². The van der Waals surface area contributed by atoms with Crippen LogP contribution in [0.2, 0.25) is 0 Å². The first kappa shape index (κ1) is 27.1. The molecule has 2 saturated heterocycles. The largest absolute Gasteiger partial charge is 0.444 e. The van der Waals surface area contributed by atoms with Crippen LogP contribution < -0.4 is 0 Å². The maximum absolute atomic E-state index is 12.3. The molecule has 0 bridgehead atoms. The van der Waals surface area contributed by atoms with Crippen LogP contribution in [-0.4, -0.2) is 77.9 Å². The molecule has 4 rings (SSSR count). The van der Waals surface area contributed by atoms with E-state index in [0.29, 0.717) is 31.8 Å². The number of benzene rings is 2. The number of hydrogen-bond acceptors (Lipinski definition) is 7. The molecular formula is C29H39N3O5. The molecule has 0 aromatic heterocycles. The first-order valence-corrected chi connectivity index (χ1v) is 13.2. The van der Waals surface area contributed by atoms with Crippen molar-refractivity contribution in [2.24, 2.45) is 0 Å². The fourth-order valence-electron chi connectivity index (χ4n) is 4.50. The molecule has 200 valence electrons. The van der Waals surface area contributed by atoms with E-state index in [9.17, 15) is 9.59 Å². The molecule has 0 saturated carbocycles. The number of hydroxylamine groups is 2. The van der Waals surface area contributed by atoms with Gasteiger partial charge in [0.2, 0.25) is 0 Å². The first-order valence-electron chi connectivity index (χ1n) is 13.2. The van der Waals surface area contributed by atoms with Crippen molar-refractivity contribution in [2.75, 3.05) is 39.3 Å². The summed E-state index contributed by atoms with van der Waals surface area (Å²) in [5, 5.41) is 1.72. The van der Waals surface area contributed by atoms with Crippen LogP contribution in [-0.2, 0) is 27.5 Å². The molecule has 1 atom stereocenters. The van der Waals surface area contributed by atoms with Gasteiger partial charge in [0.15, 0.2) is 0 Å². The normalized spacial score (nSPS) is 19.4. The number of carbonyl (C=O) groups is 2. The number of nitrogens with zero attached hydrogens (tertiary/aromatic N) is 3. The summed E-state index contributed by atoms with van der Waals surface area (Å²) in [4.78, 5) is 34.3. The van der Waals surface area contributed by atoms with Crippen molar-refractivity contribution >= 4 is 12.1 Å². The number of amides is 1. The van der Waals surface area contributed by atoms with E-state index >= 15 is 0 Å². The Morgan fingerprint density at radius 1 is 0.892 bits per heavy atom. The van der Waals surface area contributed by atoms with E-state index in [1.165, 1.54) is 5.56 Å². The average Bonchev–Trinajstić information content (AvgIpc) is 2.88. The van der Waals surface area contributed by atoms with Crippen LogP contribution in [0.15, 0.2) is 54.6 Å². The van der Waals surface area contributed by atoms with Gasteiger partial charge in [0.25, 0.3) is 0 Å². The van der Waals surface area contributed by atoms with Crippen molar-refractivity contribution in [3.8, 4) is 0 Å². The second kappa shape index (κ2) is 12.5. The highest BCUT2D eigenvalue weighted by Gasteiger charge is 2.26. The predicted molar refractivity (Wildman–Crippen MR) is 141 cm³/mol. The fraction of sp³-hybridized carbons (Fsp3) is 0.517. The van der Waals surface area contributed by atoms with Gasteiger partial charge in [-0.05, 0) is 56.9 Å². The van der Waals surface area contributed by atoms with Gasteiger partial charge >= 0.3 is 12.1 Å². The predicted octanol–water partition coefficient (Wildman–Crippen LogP) is 4.49. The third kappa shape index (κ3) is 8.55. The Morgan fingerprint density at radius 3 is 2.24 bits per heavy atom. The summed E-state index contributed by atoms with van der Waals surface area (Å²) in [6, 6.07) is 17.6. The van der Waals surface area contributed by atoms with Crippen LogP contribution in [0.1, 0.15) is 55.1 Å². The number of piperazine rings is 1. The zero-order chi connectivity index (χ0) is 26.3. The van der Waals surface area contributed by atoms with Crippen LogP contribution in [0.4, 0.5) is 4.79 Å². The first-order chi connectivity index (χ1) is 17.7. The van der Waals surface area contributed by atoms with Gasteiger partial charge in [-0.1, -0.05) is 42.5 Å². The van der Waals surface area contributed by atoms with E-state index in [1.807, 2.05) is 39.0 Å². The Hall–Kier alpha value is -2.94. The van der Waals surface area contributed by atoms with Crippen LogP contribution in [0.3, 0.4) is 0 Å². The van der Waals surface area contributed by atoms with E-state index in [0.717, 1.165) is 44.6 Å². The third-order valence-corrected chi connectivity index (χ3v) is 6.50. The van der Waals surface area contributed by atoms with Crippen molar-refractivity contribution in [2.45, 2.75) is 58.5 Å². The summed E-state index contributed by atoms with van der Waals surface area (Å²) in [5.41, 5.74) is 2.45. The maximum Gasteiger partial charge on any atom is 0.410 e. The molecule has 8 nitrogen and oxygen atoms in total. The lowest BCUT2D eigenvalue weighted by Gasteiger charge is -2.35. The molecule has 2 aromatic carbocycles. The summed E-state index contributed by atoms with van der Waals surface area (Å²) in [5.74, 6) is -0.330. The Morgan fingerprint density at radius 2 is 1.57 bits per heavy atom. The molecule has 2 heterocycles. The molecule has 2 aromatic rings. The van der Waals surface area contributed by atoms with Gasteiger partial charge < -0.3 is 19.2 Å². The third-order valence-electron chi connectivity index (χ3n) is 6.50. The standard InChI is InChI=1S/C29H39N3O5/c1-29(2,3)36-28(34)31-18-16-30(17-19-31)20-23-11-13-24(14-12-23)22-35-26-10-7-15-32(21-26)37-27(33)25-8-5-4-6-9-25/h4-6,8-9,11-14,26H,7,10,15-22H2,1-3H3/t26-/m1/s1. The Bertz CT molecular complexity index is 1010. The smallest absolute Gasteiger partial charge is 0.410 e. The highest BCUT2D eigenvalue weighted by atomic mass is 16.7. The second-order valence-electron chi connectivity index (χ2n) is 10.8. The van der Waals surface area contributed by atoms with Gasteiger partial charge in [-0.25, -0.2) is 9.59 Å². The number of carbonyl (C=O) groups excluding carboxylic acids is 2. The molecule has 1 amide bonds. The quantitative estimate of drug-likeness (QED) is 0.545. The van der Waals surface area contributed by atoms with Crippen molar-refractivity contribution in [1.29, 1.82) is 0 Å². The highest BCUT2D eigenvalue weighted by Crippen LogP contribution is 2.18. The number of rotatable bonds is 7. The maximum atomic E-state index is 12.3. The van der Waals surface area contributed by atoms with E-state index in [-0.39, 0.29) is 18.2 Å². The zero-order valence-electron chi connectivity index (χ0n) is 22.2. The molecule has 37 heavy (non-hydrogen) atoms. The SMILES string of the molecule is CC(C)(C)OC(=O)N1CCN(Cc2ccc(CO[C@@H]3CCCN(OC(=O)c4ccccc4)C3)cc2)CC1. The minimum absolute atomic E-state index is 0.0262. The van der Waals surface area contributed by atoms with E-state index in [2.05, 4.69) is 29.2 Å². The number of hydrogen-bond donors (Lipinski definition) is 0. The molecular weight excluding hydrogens is 470 g/mol. The zero-order valence-corrected chi connectivity index (χ0v) is 22.2. The highest BCUT2D eigenvalue weighted by molar-refractivity contribution is 5.89. The van der Waals surface area contributed by atoms with Crippen LogP contribution in [0, 0.1) is 0 Å². The van der Waals surface area contributed by atoms with Crippen molar-refractivity contribution in [1.82, 2.24) is 14.9 Å². The summed E-state index contributed by atoms with van der Waals surface area (Å²) in [7, 11) is 0. The van der Waals surface area contributed by atoms with Crippen LogP contribution >= 0.6 is 0 Å². The average molecular weight is 510 g/mol. The van der Waals surface area contributed by atoms with Gasteiger partial charge in [-0.3, -0.25) is 4.90 Å². The Balaban J connectivity index is 1.17. The number of ether oxygens (including phenoxy) is 2.